The number of benzene rings is 1. The van der Waals surface area contributed by atoms with Crippen LogP contribution in [0.5, 0.6) is 0 Å². The largest absolute Gasteiger partial charge is 0.294 e. The number of H-pyrrole nitrogens is 1. The first kappa shape index (κ1) is 16.4. The lowest BCUT2D eigenvalue weighted by Crippen LogP contribution is -2.36. The van der Waals surface area contributed by atoms with Crippen LogP contribution in [0.3, 0.4) is 0 Å². The number of hydrogen-bond acceptors (Lipinski definition) is 3. The normalized spacial score (nSPS) is 17.6. The van der Waals surface area contributed by atoms with Crippen LogP contribution in [0.2, 0.25) is 10.0 Å². The summed E-state index contributed by atoms with van der Waals surface area (Å²) in [5.74, 6) is 0.569. The van der Waals surface area contributed by atoms with Crippen molar-refractivity contribution >= 4 is 28.8 Å². The zero-order valence-electron chi connectivity index (χ0n) is 14.1. The Morgan fingerprint density at radius 2 is 2.04 bits per heavy atom. The van der Waals surface area contributed by atoms with E-state index in [1.807, 2.05) is 24.3 Å². The molecule has 0 atom stereocenters. The summed E-state index contributed by atoms with van der Waals surface area (Å²) in [6.45, 7) is 2.20. The van der Waals surface area contributed by atoms with E-state index in [4.69, 9.17) is 28.2 Å². The summed E-state index contributed by atoms with van der Waals surface area (Å²) in [7, 11) is 0. The quantitative estimate of drug-likeness (QED) is 0.742. The highest BCUT2D eigenvalue weighted by molar-refractivity contribution is 6.42. The van der Waals surface area contributed by atoms with Crippen molar-refractivity contribution in [3.05, 3.63) is 67.2 Å². The highest BCUT2D eigenvalue weighted by Gasteiger charge is 2.27. The lowest BCUT2D eigenvalue weighted by Gasteiger charge is -2.27. The SMILES string of the molecule is O=c1c2c(nc3cc(C4CC4)[nH]n13)CCN(Cc1ccc(Cl)c(Cl)c1)C2. The van der Waals surface area contributed by atoms with Gasteiger partial charge in [-0.25, -0.2) is 9.50 Å². The van der Waals surface area contributed by atoms with Gasteiger partial charge in [0, 0.05) is 43.7 Å². The number of nitrogens with one attached hydrogen (secondary N) is 1. The maximum atomic E-state index is 13.0. The molecule has 1 N–H and O–H groups in total. The minimum absolute atomic E-state index is 0.0238. The highest BCUT2D eigenvalue weighted by Crippen LogP contribution is 2.39. The number of aromatic amines is 1. The van der Waals surface area contributed by atoms with Crippen molar-refractivity contribution in [2.24, 2.45) is 0 Å². The van der Waals surface area contributed by atoms with E-state index in [0.29, 0.717) is 22.5 Å². The second-order valence-corrected chi connectivity index (χ2v) is 8.05. The van der Waals surface area contributed by atoms with Gasteiger partial charge in [-0.2, -0.15) is 0 Å². The summed E-state index contributed by atoms with van der Waals surface area (Å²) in [5.41, 5.74) is 4.71. The van der Waals surface area contributed by atoms with E-state index in [1.54, 1.807) is 4.52 Å². The van der Waals surface area contributed by atoms with Crippen molar-refractivity contribution in [1.29, 1.82) is 0 Å². The van der Waals surface area contributed by atoms with Crippen molar-refractivity contribution in [2.45, 2.75) is 38.3 Å². The van der Waals surface area contributed by atoms with Crippen LogP contribution in [0.1, 0.15) is 41.3 Å². The molecule has 3 heterocycles. The summed E-state index contributed by atoms with van der Waals surface area (Å²) in [5, 5.41) is 4.36. The minimum atomic E-state index is 0.0238. The van der Waals surface area contributed by atoms with Crippen molar-refractivity contribution in [3.8, 4) is 0 Å². The Morgan fingerprint density at radius 1 is 1.19 bits per heavy atom. The Balaban J connectivity index is 1.45. The predicted molar refractivity (Wildman–Crippen MR) is 102 cm³/mol. The van der Waals surface area contributed by atoms with Gasteiger partial charge in [0.2, 0.25) is 0 Å². The Morgan fingerprint density at radius 3 is 2.81 bits per heavy atom. The molecule has 0 radical (unpaired) electrons. The Hall–Kier alpha value is -1.82. The molecular formula is C19H18Cl2N4O. The number of nitrogens with zero attached hydrogens (tertiary/aromatic N) is 3. The van der Waals surface area contributed by atoms with Gasteiger partial charge in [0.15, 0.2) is 5.65 Å². The van der Waals surface area contributed by atoms with Gasteiger partial charge in [-0.15, -0.1) is 0 Å². The van der Waals surface area contributed by atoms with Crippen LogP contribution in [0.4, 0.5) is 0 Å². The predicted octanol–water partition coefficient (Wildman–Crippen LogP) is 3.77. The molecule has 3 aromatic rings. The molecule has 0 spiro atoms. The van der Waals surface area contributed by atoms with Crippen LogP contribution < -0.4 is 5.56 Å². The van der Waals surface area contributed by atoms with Gasteiger partial charge in [-0.05, 0) is 30.5 Å². The topological polar surface area (TPSA) is 53.4 Å². The monoisotopic (exact) mass is 388 g/mol. The minimum Gasteiger partial charge on any atom is -0.294 e. The number of aromatic nitrogens is 3. The first-order chi connectivity index (χ1) is 12.6. The molecule has 0 unspecified atom stereocenters. The molecule has 1 fully saturated rings. The lowest BCUT2D eigenvalue weighted by atomic mass is 10.1. The van der Waals surface area contributed by atoms with Crippen molar-refractivity contribution < 1.29 is 0 Å². The second-order valence-electron chi connectivity index (χ2n) is 7.23. The fourth-order valence-electron chi connectivity index (χ4n) is 3.69. The number of rotatable bonds is 3. The molecule has 1 saturated carbocycles. The van der Waals surface area contributed by atoms with Crippen LogP contribution in [-0.2, 0) is 19.5 Å². The van der Waals surface area contributed by atoms with Crippen LogP contribution in [0, 0.1) is 0 Å². The van der Waals surface area contributed by atoms with E-state index in [2.05, 4.69) is 10.00 Å². The summed E-state index contributed by atoms with van der Waals surface area (Å²) >= 11 is 12.1. The standard InChI is InChI=1S/C19H18Cl2N4O/c20-14-4-1-11(7-15(14)21)9-24-6-5-16-13(10-24)19(26)25-18(22-16)8-17(23-25)12-2-3-12/h1,4,7-8,12,23H,2-3,5-6,9-10H2. The zero-order chi connectivity index (χ0) is 17.8. The highest BCUT2D eigenvalue weighted by atomic mass is 35.5. The molecule has 5 rings (SSSR count). The van der Waals surface area contributed by atoms with Gasteiger partial charge < -0.3 is 0 Å². The molecule has 0 saturated heterocycles. The Kier molecular flexibility index (Phi) is 3.85. The molecule has 2 aromatic heterocycles. The third kappa shape index (κ3) is 2.84. The molecule has 2 aliphatic rings. The Bertz CT molecular complexity index is 1070. The smallest absolute Gasteiger partial charge is 0.277 e. The maximum Gasteiger partial charge on any atom is 0.277 e. The van der Waals surface area contributed by atoms with Crippen molar-refractivity contribution in [3.63, 3.8) is 0 Å². The van der Waals surface area contributed by atoms with Gasteiger partial charge in [0.25, 0.3) is 5.56 Å². The van der Waals surface area contributed by atoms with E-state index in [9.17, 15) is 4.79 Å². The molecule has 26 heavy (non-hydrogen) atoms. The van der Waals surface area contributed by atoms with E-state index in [0.717, 1.165) is 47.7 Å². The fraction of sp³-hybridized carbons (Fsp3) is 0.368. The number of fused-ring (bicyclic) bond motifs is 2. The van der Waals surface area contributed by atoms with E-state index >= 15 is 0 Å². The molecule has 5 nitrogen and oxygen atoms in total. The second kappa shape index (κ2) is 6.12. The van der Waals surface area contributed by atoms with E-state index in [-0.39, 0.29) is 5.56 Å². The maximum absolute atomic E-state index is 13.0. The van der Waals surface area contributed by atoms with Gasteiger partial charge in [0.05, 0.1) is 21.3 Å². The molecule has 7 heteroatoms. The molecule has 1 aliphatic heterocycles. The molecule has 0 amide bonds. The van der Waals surface area contributed by atoms with E-state index in [1.165, 1.54) is 12.8 Å². The average Bonchev–Trinajstić information content (AvgIpc) is 3.39. The molecule has 1 aliphatic carbocycles. The van der Waals surface area contributed by atoms with Gasteiger partial charge in [-0.1, -0.05) is 29.3 Å². The summed E-state index contributed by atoms with van der Waals surface area (Å²) in [4.78, 5) is 19.9. The van der Waals surface area contributed by atoms with Gasteiger partial charge in [-0.3, -0.25) is 14.8 Å². The first-order valence-electron chi connectivity index (χ1n) is 8.88. The number of halogens is 2. The van der Waals surface area contributed by atoms with Crippen LogP contribution in [0.15, 0.2) is 29.1 Å². The van der Waals surface area contributed by atoms with Gasteiger partial charge >= 0.3 is 0 Å². The third-order valence-electron chi connectivity index (χ3n) is 5.27. The first-order valence-corrected chi connectivity index (χ1v) is 9.64. The van der Waals surface area contributed by atoms with Crippen molar-refractivity contribution in [2.75, 3.05) is 6.54 Å². The third-order valence-corrected chi connectivity index (χ3v) is 6.01. The van der Waals surface area contributed by atoms with Crippen LogP contribution in [-0.4, -0.2) is 26.0 Å². The fourth-order valence-corrected chi connectivity index (χ4v) is 4.01. The Labute approximate surface area is 160 Å². The van der Waals surface area contributed by atoms with E-state index < -0.39 is 0 Å². The van der Waals surface area contributed by atoms with Crippen LogP contribution >= 0.6 is 23.2 Å². The molecule has 1 aromatic carbocycles. The molecule has 134 valence electrons. The number of hydrogen-bond donors (Lipinski definition) is 1. The zero-order valence-corrected chi connectivity index (χ0v) is 15.6. The van der Waals surface area contributed by atoms with Crippen molar-refractivity contribution in [1.82, 2.24) is 19.5 Å². The molecular weight excluding hydrogens is 371 g/mol. The average molecular weight is 389 g/mol. The summed E-state index contributed by atoms with van der Waals surface area (Å²) in [6, 6.07) is 7.71. The lowest BCUT2D eigenvalue weighted by molar-refractivity contribution is 0.241. The van der Waals surface area contributed by atoms with Crippen LogP contribution in [0.25, 0.3) is 5.65 Å². The molecule has 0 bridgehead atoms. The summed E-state index contributed by atoms with van der Waals surface area (Å²) < 4.78 is 1.61. The van der Waals surface area contributed by atoms with Gasteiger partial charge in [0.1, 0.15) is 0 Å². The summed E-state index contributed by atoms with van der Waals surface area (Å²) in [6.07, 6.45) is 3.17.